The minimum Gasteiger partial charge on any atom is -0.497 e. The van der Waals surface area contributed by atoms with E-state index >= 15 is 0 Å². The Morgan fingerprint density at radius 1 is 1.15 bits per heavy atom. The van der Waals surface area contributed by atoms with Crippen molar-refractivity contribution in [2.45, 2.75) is 24.8 Å². The van der Waals surface area contributed by atoms with Crippen molar-refractivity contribution >= 4 is 11.8 Å². The van der Waals surface area contributed by atoms with Crippen molar-refractivity contribution in [2.75, 3.05) is 20.4 Å². The molecule has 4 aliphatic heterocycles. The van der Waals surface area contributed by atoms with Crippen LogP contribution in [0.3, 0.4) is 0 Å². The SMILES string of the molecule is COc1ccc(CNC(=O)[C@@H]2[C@H]3C(=O)N(Cc4ccc5c(c4)OCO5)C[C@@]34C=C[C@H]2O4)cc1. The molecule has 0 aromatic heterocycles. The summed E-state index contributed by atoms with van der Waals surface area (Å²) in [5.74, 6) is 0.887. The van der Waals surface area contributed by atoms with Gasteiger partial charge in [-0.1, -0.05) is 30.4 Å². The standard InChI is InChI=1S/C25H24N2O6/c1-30-17-5-2-15(3-6-17)11-26-23(28)21-19-8-9-25(33-19)13-27(24(29)22(21)25)12-16-4-7-18-20(10-16)32-14-31-18/h2-10,19,21-22H,11-14H2,1H3,(H,26,28)/t19-,21+,22+,25+/m1/s1. The highest BCUT2D eigenvalue weighted by Crippen LogP contribution is 2.52. The van der Waals surface area contributed by atoms with E-state index in [0.717, 1.165) is 16.9 Å². The number of nitrogens with one attached hydrogen (secondary N) is 1. The lowest BCUT2D eigenvalue weighted by Gasteiger charge is -2.23. The second-order valence-corrected chi connectivity index (χ2v) is 8.85. The third-order valence-electron chi connectivity index (χ3n) is 6.92. The molecule has 2 saturated heterocycles. The van der Waals surface area contributed by atoms with Crippen molar-refractivity contribution in [2.24, 2.45) is 11.8 Å². The molecule has 8 heteroatoms. The molecule has 33 heavy (non-hydrogen) atoms. The van der Waals surface area contributed by atoms with Gasteiger partial charge in [0.25, 0.3) is 0 Å². The third-order valence-corrected chi connectivity index (χ3v) is 6.92. The van der Waals surface area contributed by atoms with Gasteiger partial charge in [-0.25, -0.2) is 0 Å². The van der Waals surface area contributed by atoms with Crippen LogP contribution < -0.4 is 19.5 Å². The summed E-state index contributed by atoms with van der Waals surface area (Å²) in [6.07, 6.45) is 3.51. The predicted octanol–water partition coefficient (Wildman–Crippen LogP) is 2.02. The zero-order valence-electron chi connectivity index (χ0n) is 18.2. The molecule has 2 aromatic carbocycles. The number of carbonyl (C=O) groups is 2. The number of methoxy groups -OCH3 is 1. The Morgan fingerprint density at radius 3 is 2.76 bits per heavy atom. The van der Waals surface area contributed by atoms with Crippen LogP contribution in [0.1, 0.15) is 11.1 Å². The van der Waals surface area contributed by atoms with E-state index in [1.807, 2.05) is 54.6 Å². The van der Waals surface area contributed by atoms with Gasteiger partial charge in [0, 0.05) is 13.1 Å². The van der Waals surface area contributed by atoms with Crippen molar-refractivity contribution in [1.82, 2.24) is 10.2 Å². The van der Waals surface area contributed by atoms with Gasteiger partial charge < -0.3 is 29.2 Å². The fraction of sp³-hybridized carbons (Fsp3) is 0.360. The fourth-order valence-corrected chi connectivity index (χ4v) is 5.32. The maximum atomic E-state index is 13.4. The monoisotopic (exact) mass is 448 g/mol. The molecule has 8 nitrogen and oxygen atoms in total. The Kier molecular flexibility index (Phi) is 4.58. The first-order chi connectivity index (χ1) is 16.1. The molecule has 0 unspecified atom stereocenters. The van der Waals surface area contributed by atoms with Gasteiger partial charge in [0.1, 0.15) is 11.4 Å². The highest BCUT2D eigenvalue weighted by Gasteiger charge is 2.66. The maximum absolute atomic E-state index is 13.4. The molecule has 2 fully saturated rings. The van der Waals surface area contributed by atoms with Crippen LogP contribution in [0.15, 0.2) is 54.6 Å². The number of fused-ring (bicyclic) bond motifs is 2. The molecule has 1 spiro atoms. The number of rotatable bonds is 6. The normalized spacial score (nSPS) is 28.3. The van der Waals surface area contributed by atoms with Crippen LogP contribution in [0.2, 0.25) is 0 Å². The highest BCUT2D eigenvalue weighted by atomic mass is 16.7. The van der Waals surface area contributed by atoms with Crippen molar-refractivity contribution < 1.29 is 28.5 Å². The van der Waals surface area contributed by atoms with E-state index in [4.69, 9.17) is 18.9 Å². The molecule has 0 radical (unpaired) electrons. The van der Waals surface area contributed by atoms with Gasteiger partial charge in [-0.05, 0) is 35.4 Å². The number of nitrogens with zero attached hydrogens (tertiary/aromatic N) is 1. The number of benzene rings is 2. The lowest BCUT2D eigenvalue weighted by Crippen LogP contribution is -2.43. The van der Waals surface area contributed by atoms with Crippen LogP contribution in [0.25, 0.3) is 0 Å². The zero-order valence-corrected chi connectivity index (χ0v) is 18.2. The van der Waals surface area contributed by atoms with Crippen LogP contribution in [0.5, 0.6) is 17.2 Å². The maximum Gasteiger partial charge on any atom is 0.231 e. The molecule has 4 heterocycles. The summed E-state index contributed by atoms with van der Waals surface area (Å²) < 4.78 is 22.2. The summed E-state index contributed by atoms with van der Waals surface area (Å²) in [5, 5.41) is 2.99. The van der Waals surface area contributed by atoms with Gasteiger partial charge in [-0.15, -0.1) is 0 Å². The van der Waals surface area contributed by atoms with E-state index in [1.165, 1.54) is 0 Å². The third kappa shape index (κ3) is 3.24. The molecule has 2 aromatic rings. The highest BCUT2D eigenvalue weighted by molar-refractivity contribution is 5.93. The van der Waals surface area contributed by atoms with Crippen molar-refractivity contribution in [1.29, 1.82) is 0 Å². The minimum absolute atomic E-state index is 0.0517. The second-order valence-electron chi connectivity index (χ2n) is 8.85. The Morgan fingerprint density at radius 2 is 1.94 bits per heavy atom. The Labute approximate surface area is 191 Å². The Bertz CT molecular complexity index is 1150. The Hall–Kier alpha value is -3.52. The van der Waals surface area contributed by atoms with Gasteiger partial charge in [0.2, 0.25) is 18.6 Å². The zero-order chi connectivity index (χ0) is 22.6. The lowest BCUT2D eigenvalue weighted by molar-refractivity contribution is -0.137. The molecule has 0 aliphatic carbocycles. The molecule has 6 rings (SSSR count). The predicted molar refractivity (Wildman–Crippen MR) is 117 cm³/mol. The van der Waals surface area contributed by atoms with E-state index in [9.17, 15) is 9.59 Å². The molecule has 1 N–H and O–H groups in total. The van der Waals surface area contributed by atoms with E-state index < -0.39 is 17.4 Å². The van der Waals surface area contributed by atoms with E-state index in [-0.39, 0.29) is 24.7 Å². The number of ether oxygens (including phenoxy) is 4. The summed E-state index contributed by atoms with van der Waals surface area (Å²) in [6, 6.07) is 13.2. The summed E-state index contributed by atoms with van der Waals surface area (Å²) in [7, 11) is 1.61. The molecule has 170 valence electrons. The average molecular weight is 448 g/mol. The van der Waals surface area contributed by atoms with Crippen LogP contribution in [0.4, 0.5) is 0 Å². The largest absolute Gasteiger partial charge is 0.497 e. The summed E-state index contributed by atoms with van der Waals surface area (Å²) in [4.78, 5) is 28.4. The van der Waals surface area contributed by atoms with Crippen molar-refractivity contribution in [3.63, 3.8) is 0 Å². The molecule has 4 atom stereocenters. The van der Waals surface area contributed by atoms with Crippen LogP contribution in [0, 0.1) is 11.8 Å². The number of likely N-dealkylation sites (tertiary alicyclic amines) is 1. The fourth-order valence-electron chi connectivity index (χ4n) is 5.32. The topological polar surface area (TPSA) is 86.3 Å². The second kappa shape index (κ2) is 7.52. The molecule has 2 amide bonds. The molecule has 2 bridgehead atoms. The number of carbonyl (C=O) groups excluding carboxylic acids is 2. The first-order valence-electron chi connectivity index (χ1n) is 11.0. The van der Waals surface area contributed by atoms with Crippen molar-refractivity contribution in [3.8, 4) is 17.2 Å². The van der Waals surface area contributed by atoms with E-state index in [1.54, 1.807) is 12.0 Å². The quantitative estimate of drug-likeness (QED) is 0.681. The first kappa shape index (κ1) is 20.1. The molecule has 0 saturated carbocycles. The van der Waals surface area contributed by atoms with E-state index in [2.05, 4.69) is 5.32 Å². The van der Waals surface area contributed by atoms with Crippen LogP contribution >= 0.6 is 0 Å². The minimum atomic E-state index is -0.736. The van der Waals surface area contributed by atoms with Gasteiger partial charge in [0.15, 0.2) is 11.5 Å². The summed E-state index contributed by atoms with van der Waals surface area (Å²) in [5.41, 5.74) is 1.17. The van der Waals surface area contributed by atoms with Gasteiger partial charge >= 0.3 is 0 Å². The smallest absolute Gasteiger partial charge is 0.231 e. The van der Waals surface area contributed by atoms with Crippen LogP contribution in [-0.4, -0.2) is 48.9 Å². The van der Waals surface area contributed by atoms with E-state index in [0.29, 0.717) is 31.1 Å². The number of amides is 2. The summed E-state index contributed by atoms with van der Waals surface area (Å²) in [6.45, 7) is 1.44. The number of hydrogen-bond donors (Lipinski definition) is 1. The van der Waals surface area contributed by atoms with Gasteiger partial charge in [0.05, 0.1) is 31.6 Å². The summed E-state index contributed by atoms with van der Waals surface area (Å²) >= 11 is 0. The van der Waals surface area contributed by atoms with Crippen molar-refractivity contribution in [3.05, 3.63) is 65.7 Å². The number of hydrogen-bond acceptors (Lipinski definition) is 6. The van der Waals surface area contributed by atoms with Gasteiger partial charge in [-0.2, -0.15) is 0 Å². The lowest BCUT2D eigenvalue weighted by atomic mass is 9.77. The molecule has 4 aliphatic rings. The average Bonchev–Trinajstić information content (AvgIpc) is 3.59. The van der Waals surface area contributed by atoms with Gasteiger partial charge in [-0.3, -0.25) is 9.59 Å². The molecular weight excluding hydrogens is 424 g/mol. The Balaban J connectivity index is 1.16. The molecular formula is C25H24N2O6. The van der Waals surface area contributed by atoms with Crippen LogP contribution in [-0.2, 0) is 27.4 Å². The first-order valence-corrected chi connectivity index (χ1v) is 11.0.